The molecule has 1 radical (unpaired) electrons. The molecular formula is C10H16O6Y. The number of ether oxygens (including phenoxy) is 2. The zero-order chi connectivity index (χ0) is 13.1. The Balaban J connectivity index is -0.000000218. The van der Waals surface area contributed by atoms with E-state index in [4.69, 9.17) is 10.2 Å². The molecule has 0 unspecified atom stereocenters. The zero-order valence-electron chi connectivity index (χ0n) is 9.93. The third-order valence-electron chi connectivity index (χ3n) is 1.09. The van der Waals surface area contributed by atoms with E-state index >= 15 is 0 Å². The number of hydrogen-bond donors (Lipinski definition) is 2. The summed E-state index contributed by atoms with van der Waals surface area (Å²) in [4.78, 5) is 20.5. The molecule has 6 nitrogen and oxygen atoms in total. The number of rotatable bonds is 4. The molecule has 0 rings (SSSR count). The average Bonchev–Trinajstić information content (AvgIpc) is 2.19. The Morgan fingerprint density at radius 2 is 1.18 bits per heavy atom. The number of hydrogen-bond acceptors (Lipinski definition) is 6. The summed E-state index contributed by atoms with van der Waals surface area (Å²) < 4.78 is 8.24. The molecule has 0 atom stereocenters. The Morgan fingerprint density at radius 1 is 0.941 bits per heavy atom. The number of esters is 2. The molecule has 0 amide bonds. The Hall–Kier alpha value is -0.556. The first-order valence-corrected chi connectivity index (χ1v) is 4.23. The summed E-state index contributed by atoms with van der Waals surface area (Å²) in [5, 5.41) is 16.0. The van der Waals surface area contributed by atoms with Crippen LogP contribution in [0.3, 0.4) is 0 Å². The van der Waals surface area contributed by atoms with Crippen LogP contribution < -0.4 is 0 Å². The standard InChI is InChI=1S/2C5H8O3.Y/c2*1-4(2)5(7)8-3-6;/h2*6H,1,3H2,2H3;. The van der Waals surface area contributed by atoms with Gasteiger partial charge in [-0.2, -0.15) is 0 Å². The summed E-state index contributed by atoms with van der Waals surface area (Å²) >= 11 is 0. The summed E-state index contributed by atoms with van der Waals surface area (Å²) in [6.07, 6.45) is 0. The first kappa shape index (κ1) is 21.7. The first-order valence-electron chi connectivity index (χ1n) is 4.23. The van der Waals surface area contributed by atoms with Gasteiger partial charge in [-0.15, -0.1) is 0 Å². The van der Waals surface area contributed by atoms with E-state index in [1.165, 1.54) is 13.8 Å². The fraction of sp³-hybridized carbons (Fsp3) is 0.400. The van der Waals surface area contributed by atoms with Crippen LogP contribution in [0.1, 0.15) is 13.8 Å². The van der Waals surface area contributed by atoms with Gasteiger partial charge in [-0.3, -0.25) is 0 Å². The van der Waals surface area contributed by atoms with E-state index in [0.717, 1.165) is 0 Å². The number of aliphatic hydroxyl groups excluding tert-OH is 2. The fourth-order valence-electron chi connectivity index (χ4n) is 0.364. The molecule has 0 spiro atoms. The third-order valence-corrected chi connectivity index (χ3v) is 1.09. The summed E-state index contributed by atoms with van der Waals surface area (Å²) in [5.74, 6) is -1.12. The van der Waals surface area contributed by atoms with Gasteiger partial charge in [-0.1, -0.05) is 13.2 Å². The molecule has 0 bridgehead atoms. The maximum Gasteiger partial charge on any atom is 0.335 e. The van der Waals surface area contributed by atoms with Crippen LogP contribution in [0.2, 0.25) is 0 Å². The topological polar surface area (TPSA) is 93.1 Å². The number of carbonyl (C=O) groups excluding carboxylic acids is 2. The van der Waals surface area contributed by atoms with Gasteiger partial charge in [0, 0.05) is 43.9 Å². The van der Waals surface area contributed by atoms with E-state index < -0.39 is 25.5 Å². The molecule has 0 aliphatic carbocycles. The van der Waals surface area contributed by atoms with Gasteiger partial charge in [0.25, 0.3) is 0 Å². The molecule has 0 aliphatic rings. The third kappa shape index (κ3) is 15.4. The minimum atomic E-state index is -0.578. The van der Waals surface area contributed by atoms with Crippen molar-refractivity contribution in [3.63, 3.8) is 0 Å². The van der Waals surface area contributed by atoms with Crippen LogP contribution in [0, 0.1) is 0 Å². The van der Waals surface area contributed by atoms with Gasteiger partial charge in [0.05, 0.1) is 0 Å². The summed E-state index contributed by atoms with van der Waals surface area (Å²) in [6.45, 7) is 8.44. The van der Waals surface area contributed by atoms with E-state index in [1.807, 2.05) is 0 Å². The van der Waals surface area contributed by atoms with Crippen LogP contribution in [0.4, 0.5) is 0 Å². The molecule has 0 aromatic carbocycles. The molecule has 0 heterocycles. The Kier molecular flexibility index (Phi) is 17.2. The smallest absolute Gasteiger partial charge is 0.335 e. The van der Waals surface area contributed by atoms with Crippen molar-refractivity contribution in [2.24, 2.45) is 0 Å². The molecule has 0 fully saturated rings. The predicted molar refractivity (Wildman–Crippen MR) is 56.0 cm³/mol. The normalized spacial score (nSPS) is 7.76. The van der Waals surface area contributed by atoms with Crippen LogP contribution in [-0.4, -0.2) is 35.7 Å². The van der Waals surface area contributed by atoms with Crippen LogP contribution >= 0.6 is 0 Å². The molecule has 0 aromatic heterocycles. The van der Waals surface area contributed by atoms with Gasteiger partial charge in [0.15, 0.2) is 13.6 Å². The Morgan fingerprint density at radius 3 is 1.24 bits per heavy atom. The van der Waals surface area contributed by atoms with E-state index in [-0.39, 0.29) is 32.7 Å². The predicted octanol–water partition coefficient (Wildman–Crippen LogP) is 0.108. The molecule has 7 heteroatoms. The van der Waals surface area contributed by atoms with E-state index in [1.54, 1.807) is 0 Å². The molecule has 0 saturated heterocycles. The summed E-state index contributed by atoms with van der Waals surface area (Å²) in [5.41, 5.74) is 0.582. The van der Waals surface area contributed by atoms with E-state index in [2.05, 4.69) is 22.6 Å². The van der Waals surface area contributed by atoms with Gasteiger partial charge < -0.3 is 19.7 Å². The van der Waals surface area contributed by atoms with E-state index in [9.17, 15) is 9.59 Å². The number of aliphatic hydroxyl groups is 2. The van der Waals surface area contributed by atoms with Crippen molar-refractivity contribution in [3.8, 4) is 0 Å². The van der Waals surface area contributed by atoms with Crippen molar-refractivity contribution in [1.82, 2.24) is 0 Å². The maximum atomic E-state index is 10.3. The Bertz CT molecular complexity index is 246. The second kappa shape index (κ2) is 13.5. The van der Waals surface area contributed by atoms with E-state index in [0.29, 0.717) is 11.1 Å². The van der Waals surface area contributed by atoms with Crippen molar-refractivity contribution in [3.05, 3.63) is 24.3 Å². The molecule has 2 N–H and O–H groups in total. The monoisotopic (exact) mass is 321 g/mol. The van der Waals surface area contributed by atoms with Crippen LogP contribution in [0.5, 0.6) is 0 Å². The molecule has 17 heavy (non-hydrogen) atoms. The van der Waals surface area contributed by atoms with Crippen LogP contribution in [-0.2, 0) is 51.8 Å². The van der Waals surface area contributed by atoms with Crippen molar-refractivity contribution in [2.75, 3.05) is 13.6 Å². The van der Waals surface area contributed by atoms with Crippen molar-refractivity contribution in [2.45, 2.75) is 13.8 Å². The molecule has 0 saturated carbocycles. The zero-order valence-corrected chi connectivity index (χ0v) is 12.8. The second-order valence-electron chi connectivity index (χ2n) is 2.68. The fourth-order valence-corrected chi connectivity index (χ4v) is 0.364. The largest absolute Gasteiger partial charge is 0.435 e. The minimum Gasteiger partial charge on any atom is -0.435 e. The van der Waals surface area contributed by atoms with Crippen molar-refractivity contribution in [1.29, 1.82) is 0 Å². The van der Waals surface area contributed by atoms with Crippen molar-refractivity contribution >= 4 is 11.9 Å². The van der Waals surface area contributed by atoms with Gasteiger partial charge >= 0.3 is 11.9 Å². The second-order valence-corrected chi connectivity index (χ2v) is 2.68. The Labute approximate surface area is 125 Å². The van der Waals surface area contributed by atoms with Crippen molar-refractivity contribution < 1.29 is 62.0 Å². The molecule has 0 aromatic rings. The minimum absolute atomic E-state index is 0. The van der Waals surface area contributed by atoms with Gasteiger partial charge in [0.1, 0.15) is 0 Å². The SMILES string of the molecule is C=C(C)C(=O)OCO.C=C(C)C(=O)OCO.[Y]. The summed E-state index contributed by atoms with van der Waals surface area (Å²) in [6, 6.07) is 0. The summed E-state index contributed by atoms with van der Waals surface area (Å²) in [7, 11) is 0. The number of carbonyl (C=O) groups is 2. The van der Waals surface area contributed by atoms with Crippen LogP contribution in [0.25, 0.3) is 0 Å². The molecule has 0 aliphatic heterocycles. The van der Waals surface area contributed by atoms with Gasteiger partial charge in [-0.05, 0) is 13.8 Å². The molecule has 95 valence electrons. The maximum absolute atomic E-state index is 10.3. The quantitative estimate of drug-likeness (QED) is 0.434. The first-order chi connectivity index (χ1) is 7.36. The van der Waals surface area contributed by atoms with Gasteiger partial charge in [-0.25, -0.2) is 9.59 Å². The average molecular weight is 321 g/mol. The van der Waals surface area contributed by atoms with Crippen LogP contribution in [0.15, 0.2) is 24.3 Å². The van der Waals surface area contributed by atoms with Gasteiger partial charge in [0.2, 0.25) is 0 Å². The molecular weight excluding hydrogens is 305 g/mol.